The number of aromatic nitrogens is 1. The fourth-order valence-corrected chi connectivity index (χ4v) is 7.29. The zero-order chi connectivity index (χ0) is 25.3. The summed E-state index contributed by atoms with van der Waals surface area (Å²) < 4.78 is 35.1. The van der Waals surface area contributed by atoms with Gasteiger partial charge in [0.15, 0.2) is 4.80 Å². The third kappa shape index (κ3) is 5.39. The number of carbonyl (C=O) groups excluding carboxylic acids is 2. The van der Waals surface area contributed by atoms with Crippen molar-refractivity contribution in [1.29, 1.82) is 0 Å². The van der Waals surface area contributed by atoms with Crippen molar-refractivity contribution in [3.05, 3.63) is 58.4 Å². The highest BCUT2D eigenvalue weighted by atomic mass is 32.2. The van der Waals surface area contributed by atoms with Crippen LogP contribution in [0.15, 0.2) is 52.4 Å². The van der Waals surface area contributed by atoms with E-state index < -0.39 is 21.9 Å². The topological polar surface area (TPSA) is 98.0 Å². The summed E-state index contributed by atoms with van der Waals surface area (Å²) in [7, 11) is -2.33. The molecule has 1 amide bonds. The van der Waals surface area contributed by atoms with E-state index in [-0.39, 0.29) is 17.0 Å². The van der Waals surface area contributed by atoms with Gasteiger partial charge in [0, 0.05) is 18.7 Å². The molecule has 2 unspecified atom stereocenters. The molecule has 1 aliphatic heterocycles. The summed E-state index contributed by atoms with van der Waals surface area (Å²) in [6, 6.07) is 11.7. The minimum absolute atomic E-state index is 0.0739. The van der Waals surface area contributed by atoms with E-state index >= 15 is 0 Å². The van der Waals surface area contributed by atoms with Crippen LogP contribution in [-0.4, -0.2) is 49.4 Å². The van der Waals surface area contributed by atoms with Crippen LogP contribution >= 0.6 is 11.3 Å². The molecule has 10 heteroatoms. The van der Waals surface area contributed by atoms with Crippen molar-refractivity contribution in [3.63, 3.8) is 0 Å². The van der Waals surface area contributed by atoms with Crippen molar-refractivity contribution in [2.45, 2.75) is 38.6 Å². The molecule has 0 bridgehead atoms. The van der Waals surface area contributed by atoms with Crippen molar-refractivity contribution < 1.29 is 22.7 Å². The van der Waals surface area contributed by atoms with Crippen LogP contribution in [0.1, 0.15) is 36.2 Å². The zero-order valence-electron chi connectivity index (χ0n) is 20.2. The van der Waals surface area contributed by atoms with Gasteiger partial charge in [0.25, 0.3) is 5.91 Å². The smallest absolute Gasteiger partial charge is 0.325 e. The Hall–Kier alpha value is -2.82. The van der Waals surface area contributed by atoms with Crippen LogP contribution in [0.4, 0.5) is 0 Å². The van der Waals surface area contributed by atoms with Gasteiger partial charge in [-0.15, -0.1) is 0 Å². The number of hydrogen-bond acceptors (Lipinski definition) is 6. The Kier molecular flexibility index (Phi) is 7.25. The lowest BCUT2D eigenvalue weighted by atomic mass is 9.94. The lowest BCUT2D eigenvalue weighted by Crippen LogP contribution is -2.42. The van der Waals surface area contributed by atoms with Crippen LogP contribution in [0.2, 0.25) is 0 Å². The first kappa shape index (κ1) is 25.3. The van der Waals surface area contributed by atoms with E-state index in [9.17, 15) is 18.0 Å². The van der Waals surface area contributed by atoms with Crippen LogP contribution in [0.25, 0.3) is 10.2 Å². The van der Waals surface area contributed by atoms with Crippen molar-refractivity contribution in [2.75, 3.05) is 20.2 Å². The molecule has 35 heavy (non-hydrogen) atoms. The highest BCUT2D eigenvalue weighted by Gasteiger charge is 2.31. The van der Waals surface area contributed by atoms with Gasteiger partial charge in [-0.3, -0.25) is 9.59 Å². The zero-order valence-corrected chi connectivity index (χ0v) is 21.9. The summed E-state index contributed by atoms with van der Waals surface area (Å²) in [6.07, 6.45) is 1.01. The van der Waals surface area contributed by atoms with Gasteiger partial charge < -0.3 is 9.30 Å². The molecule has 0 N–H and O–H groups in total. The first-order valence-corrected chi connectivity index (χ1v) is 13.7. The normalized spacial score (nSPS) is 19.7. The molecule has 1 aromatic heterocycles. The molecule has 1 fully saturated rings. The Morgan fingerprint density at radius 2 is 1.74 bits per heavy atom. The molecule has 8 nitrogen and oxygen atoms in total. The molecule has 0 radical (unpaired) electrons. The second-order valence-corrected chi connectivity index (χ2v) is 12.2. The van der Waals surface area contributed by atoms with Crippen LogP contribution in [-0.2, 0) is 26.1 Å². The number of amides is 1. The van der Waals surface area contributed by atoms with Gasteiger partial charge in [-0.25, -0.2) is 8.42 Å². The fourth-order valence-electron chi connectivity index (χ4n) is 4.48. The Morgan fingerprint density at radius 1 is 1.09 bits per heavy atom. The van der Waals surface area contributed by atoms with Gasteiger partial charge in [0.2, 0.25) is 10.0 Å². The molecule has 4 rings (SSSR count). The van der Waals surface area contributed by atoms with E-state index in [2.05, 4.69) is 18.8 Å². The van der Waals surface area contributed by atoms with Crippen LogP contribution in [0.5, 0.6) is 0 Å². The van der Waals surface area contributed by atoms with Gasteiger partial charge in [-0.1, -0.05) is 31.3 Å². The molecule has 2 heterocycles. The van der Waals surface area contributed by atoms with E-state index in [0.29, 0.717) is 29.7 Å². The maximum absolute atomic E-state index is 13.1. The van der Waals surface area contributed by atoms with Gasteiger partial charge in [0.1, 0.15) is 6.54 Å². The minimum Gasteiger partial charge on any atom is -0.468 e. The van der Waals surface area contributed by atoms with E-state index in [0.717, 1.165) is 22.2 Å². The number of rotatable bonds is 5. The largest absolute Gasteiger partial charge is 0.468 e. The van der Waals surface area contributed by atoms with Crippen molar-refractivity contribution in [2.24, 2.45) is 16.8 Å². The molecule has 2 atom stereocenters. The third-order valence-electron chi connectivity index (χ3n) is 6.12. The van der Waals surface area contributed by atoms with E-state index in [1.165, 1.54) is 47.0 Å². The molecule has 186 valence electrons. The quantitative estimate of drug-likeness (QED) is 0.484. The molecule has 1 aliphatic rings. The van der Waals surface area contributed by atoms with Gasteiger partial charge in [-0.05, 0) is 67.1 Å². The number of thiazole rings is 1. The Labute approximate surface area is 208 Å². The van der Waals surface area contributed by atoms with Crippen molar-refractivity contribution in [3.8, 4) is 0 Å². The van der Waals surface area contributed by atoms with Crippen molar-refractivity contribution >= 4 is 43.5 Å². The number of carbonyl (C=O) groups is 2. The summed E-state index contributed by atoms with van der Waals surface area (Å²) in [5, 5.41) is 0. The van der Waals surface area contributed by atoms with Gasteiger partial charge in [-0.2, -0.15) is 9.30 Å². The van der Waals surface area contributed by atoms with E-state index in [4.69, 9.17) is 4.74 Å². The molecule has 2 aromatic carbocycles. The number of nitrogens with zero attached hydrogens (tertiary/aromatic N) is 3. The molecule has 0 saturated carbocycles. The van der Waals surface area contributed by atoms with Gasteiger partial charge in [0.05, 0.1) is 22.2 Å². The number of esters is 1. The first-order chi connectivity index (χ1) is 16.6. The summed E-state index contributed by atoms with van der Waals surface area (Å²) in [5.41, 5.74) is 2.10. The highest BCUT2D eigenvalue weighted by molar-refractivity contribution is 7.89. The predicted molar refractivity (Wildman–Crippen MR) is 135 cm³/mol. The van der Waals surface area contributed by atoms with Crippen LogP contribution in [0.3, 0.4) is 0 Å². The summed E-state index contributed by atoms with van der Waals surface area (Å²) in [5.74, 6) is -0.365. The van der Waals surface area contributed by atoms with Crippen LogP contribution < -0.4 is 4.80 Å². The Balaban J connectivity index is 1.65. The standard InChI is InChI=1S/C25H29N3O5S2/c1-16-5-10-21-22(12-16)34-25(28(21)15-23(29)33-4)26-24(30)19-6-8-20(9-7-19)35(31,32)27-13-17(2)11-18(3)14-27/h5-10,12,17-18H,11,13-15H2,1-4H3. The average Bonchev–Trinajstić information content (AvgIpc) is 3.13. The summed E-state index contributed by atoms with van der Waals surface area (Å²) in [6.45, 7) is 7.00. The summed E-state index contributed by atoms with van der Waals surface area (Å²) in [4.78, 5) is 29.7. The van der Waals surface area contributed by atoms with E-state index in [1.807, 2.05) is 25.1 Å². The molecule has 1 saturated heterocycles. The SMILES string of the molecule is COC(=O)Cn1c(=NC(=O)c2ccc(S(=O)(=O)N3CC(C)CC(C)C3)cc2)sc2cc(C)ccc21. The second kappa shape index (κ2) is 10.0. The highest BCUT2D eigenvalue weighted by Crippen LogP contribution is 2.27. The van der Waals surface area contributed by atoms with Crippen LogP contribution in [0, 0.1) is 18.8 Å². The minimum atomic E-state index is -3.64. The average molecular weight is 516 g/mol. The number of piperidine rings is 1. The molecular weight excluding hydrogens is 486 g/mol. The number of methoxy groups -OCH3 is 1. The number of hydrogen-bond donors (Lipinski definition) is 0. The Morgan fingerprint density at radius 3 is 2.37 bits per heavy atom. The second-order valence-electron chi connectivity index (χ2n) is 9.23. The summed E-state index contributed by atoms with van der Waals surface area (Å²) >= 11 is 1.31. The predicted octanol–water partition coefficient (Wildman–Crippen LogP) is 3.59. The lowest BCUT2D eigenvalue weighted by molar-refractivity contribution is -0.141. The monoisotopic (exact) mass is 515 g/mol. The number of sulfonamides is 1. The fraction of sp³-hybridized carbons (Fsp3) is 0.400. The lowest BCUT2D eigenvalue weighted by Gasteiger charge is -2.34. The van der Waals surface area contributed by atoms with E-state index in [1.54, 1.807) is 4.57 Å². The van der Waals surface area contributed by atoms with Crippen molar-refractivity contribution in [1.82, 2.24) is 8.87 Å². The van der Waals surface area contributed by atoms with Gasteiger partial charge >= 0.3 is 5.97 Å². The molecular formula is C25H29N3O5S2. The molecule has 0 aliphatic carbocycles. The number of benzene rings is 2. The number of aryl methyl sites for hydroxylation is 1. The molecule has 3 aromatic rings. The number of ether oxygens (including phenoxy) is 1. The maximum Gasteiger partial charge on any atom is 0.325 e. The Bertz CT molecular complexity index is 1430. The first-order valence-electron chi connectivity index (χ1n) is 11.4. The maximum atomic E-state index is 13.1. The molecule has 0 spiro atoms. The third-order valence-corrected chi connectivity index (χ3v) is 9.01. The number of fused-ring (bicyclic) bond motifs is 1.